The van der Waals surface area contributed by atoms with Crippen LogP contribution in [-0.4, -0.2) is 84.9 Å². The van der Waals surface area contributed by atoms with Gasteiger partial charge in [0.15, 0.2) is 0 Å². The highest BCUT2D eigenvalue weighted by Gasteiger charge is 2.32. The highest BCUT2D eigenvalue weighted by molar-refractivity contribution is 5.94. The number of nitrogens with two attached hydrogens (primary N) is 1. The maximum absolute atomic E-state index is 13.5. The predicted octanol–water partition coefficient (Wildman–Crippen LogP) is -0.159. The van der Waals surface area contributed by atoms with E-state index in [1.54, 1.807) is 12.1 Å². The van der Waals surface area contributed by atoms with Crippen LogP contribution in [0, 0.1) is 5.92 Å². The molecule has 0 saturated heterocycles. The van der Waals surface area contributed by atoms with Crippen molar-refractivity contribution in [2.45, 2.75) is 51.2 Å². The van der Waals surface area contributed by atoms with Gasteiger partial charge in [-0.15, -0.1) is 0 Å². The SMILES string of the molecule is CNC(=O)[C@H](CC(C)C)N(C)C(=O)[C@H](Cc1ccccc1)NC(=O)CNC(=O)CNC(=O)[C@@H](N)Cc1ccc(O)cc1. The molecule has 0 bridgehead atoms. The lowest BCUT2D eigenvalue weighted by atomic mass is 9.99. The molecule has 0 saturated carbocycles. The number of carbonyl (C=O) groups excluding carboxylic acids is 5. The summed E-state index contributed by atoms with van der Waals surface area (Å²) < 4.78 is 0. The zero-order valence-electron chi connectivity index (χ0n) is 24.6. The Morgan fingerprint density at radius 3 is 2.02 bits per heavy atom. The standard InChI is InChI=1S/C30H42N6O6/c1-19(2)14-25(29(41)32-3)36(4)30(42)24(16-20-8-6-5-7-9-20)35-27(39)18-33-26(38)17-34-28(40)23(31)15-21-10-12-22(37)13-11-21/h5-13,19,23-25,37H,14-18,31H2,1-4H3,(H,32,41)(H,33,38)(H,34,40)(H,35,39)/t23-,24-,25-/m0/s1. The van der Waals surface area contributed by atoms with Crippen molar-refractivity contribution in [2.75, 3.05) is 27.2 Å². The minimum Gasteiger partial charge on any atom is -0.508 e. The fraction of sp³-hybridized carbons (Fsp3) is 0.433. The fourth-order valence-corrected chi connectivity index (χ4v) is 4.27. The van der Waals surface area contributed by atoms with E-state index in [4.69, 9.17) is 5.73 Å². The third kappa shape index (κ3) is 11.2. The van der Waals surface area contributed by atoms with Crippen molar-refractivity contribution >= 4 is 29.5 Å². The number of hydrogen-bond donors (Lipinski definition) is 6. The van der Waals surface area contributed by atoms with Gasteiger partial charge in [0.05, 0.1) is 19.1 Å². The van der Waals surface area contributed by atoms with E-state index in [2.05, 4.69) is 21.3 Å². The Labute approximate surface area is 246 Å². The average Bonchev–Trinajstić information content (AvgIpc) is 2.97. The van der Waals surface area contributed by atoms with Crippen LogP contribution >= 0.6 is 0 Å². The molecule has 0 spiro atoms. The molecule has 228 valence electrons. The summed E-state index contributed by atoms with van der Waals surface area (Å²) in [5.41, 5.74) is 7.46. The Bertz CT molecular complexity index is 1200. The van der Waals surface area contributed by atoms with Gasteiger partial charge in [0.1, 0.15) is 17.8 Å². The number of benzene rings is 2. The van der Waals surface area contributed by atoms with Gasteiger partial charge in [0.2, 0.25) is 29.5 Å². The zero-order chi connectivity index (χ0) is 31.2. The highest BCUT2D eigenvalue weighted by Crippen LogP contribution is 2.14. The van der Waals surface area contributed by atoms with E-state index in [0.717, 1.165) is 11.1 Å². The van der Waals surface area contributed by atoms with E-state index in [0.29, 0.717) is 6.42 Å². The first-order chi connectivity index (χ1) is 19.9. The molecule has 0 aliphatic rings. The number of rotatable bonds is 15. The summed E-state index contributed by atoms with van der Waals surface area (Å²) in [7, 11) is 3.04. The number of hydrogen-bond acceptors (Lipinski definition) is 7. The molecule has 0 fully saturated rings. The number of nitrogens with zero attached hydrogens (tertiary/aromatic N) is 1. The van der Waals surface area contributed by atoms with Crippen molar-refractivity contribution in [3.8, 4) is 5.75 Å². The topological polar surface area (TPSA) is 183 Å². The Morgan fingerprint density at radius 2 is 1.43 bits per heavy atom. The molecule has 12 heteroatoms. The molecule has 2 rings (SSSR count). The summed E-state index contributed by atoms with van der Waals surface area (Å²) >= 11 is 0. The van der Waals surface area contributed by atoms with E-state index >= 15 is 0 Å². The van der Waals surface area contributed by atoms with E-state index < -0.39 is 54.8 Å². The van der Waals surface area contributed by atoms with E-state index in [-0.39, 0.29) is 30.4 Å². The summed E-state index contributed by atoms with van der Waals surface area (Å²) in [5, 5.41) is 19.5. The van der Waals surface area contributed by atoms with Crippen LogP contribution in [0.5, 0.6) is 5.75 Å². The summed E-state index contributed by atoms with van der Waals surface area (Å²) in [6.07, 6.45) is 0.828. The van der Waals surface area contributed by atoms with Crippen LogP contribution in [0.2, 0.25) is 0 Å². The van der Waals surface area contributed by atoms with Crippen molar-refractivity contribution in [1.29, 1.82) is 0 Å². The van der Waals surface area contributed by atoms with Gasteiger partial charge in [-0.2, -0.15) is 0 Å². The first-order valence-corrected chi connectivity index (χ1v) is 13.8. The second-order valence-corrected chi connectivity index (χ2v) is 10.5. The first-order valence-electron chi connectivity index (χ1n) is 13.8. The number of aromatic hydroxyl groups is 1. The van der Waals surface area contributed by atoms with E-state index in [1.807, 2.05) is 44.2 Å². The molecule has 7 N–H and O–H groups in total. The second kappa shape index (κ2) is 16.7. The lowest BCUT2D eigenvalue weighted by Crippen LogP contribution is -2.56. The van der Waals surface area contributed by atoms with Crippen molar-refractivity contribution in [3.63, 3.8) is 0 Å². The molecule has 0 unspecified atom stereocenters. The molecule has 2 aromatic rings. The van der Waals surface area contributed by atoms with Gasteiger partial charge in [-0.1, -0.05) is 56.3 Å². The monoisotopic (exact) mass is 582 g/mol. The molecular formula is C30H42N6O6. The van der Waals surface area contributed by atoms with Crippen LogP contribution in [0.3, 0.4) is 0 Å². The molecule has 0 radical (unpaired) electrons. The van der Waals surface area contributed by atoms with Crippen molar-refractivity contribution < 1.29 is 29.1 Å². The fourth-order valence-electron chi connectivity index (χ4n) is 4.27. The lowest BCUT2D eigenvalue weighted by molar-refractivity contribution is -0.142. The quantitative estimate of drug-likeness (QED) is 0.169. The number of phenols is 1. The molecule has 2 aromatic carbocycles. The van der Waals surface area contributed by atoms with Gasteiger partial charge < -0.3 is 37.0 Å². The molecule has 12 nitrogen and oxygen atoms in total. The maximum Gasteiger partial charge on any atom is 0.245 e. The van der Waals surface area contributed by atoms with E-state index in [9.17, 15) is 29.1 Å². The van der Waals surface area contributed by atoms with Crippen molar-refractivity contribution in [3.05, 3.63) is 65.7 Å². The van der Waals surface area contributed by atoms with Gasteiger partial charge in [0.25, 0.3) is 0 Å². The zero-order valence-corrected chi connectivity index (χ0v) is 24.6. The van der Waals surface area contributed by atoms with Gasteiger partial charge in [-0.3, -0.25) is 24.0 Å². The third-order valence-electron chi connectivity index (χ3n) is 6.57. The van der Waals surface area contributed by atoms with Crippen LogP contribution in [0.4, 0.5) is 0 Å². The van der Waals surface area contributed by atoms with Crippen LogP contribution in [0.1, 0.15) is 31.4 Å². The minimum absolute atomic E-state index is 0.0967. The predicted molar refractivity (Wildman–Crippen MR) is 158 cm³/mol. The molecule has 0 heterocycles. The van der Waals surface area contributed by atoms with Crippen LogP contribution in [0.25, 0.3) is 0 Å². The molecule has 3 atom stereocenters. The van der Waals surface area contributed by atoms with Gasteiger partial charge >= 0.3 is 0 Å². The van der Waals surface area contributed by atoms with Gasteiger partial charge in [-0.25, -0.2) is 0 Å². The lowest BCUT2D eigenvalue weighted by Gasteiger charge is -2.31. The highest BCUT2D eigenvalue weighted by atomic mass is 16.3. The van der Waals surface area contributed by atoms with Crippen LogP contribution < -0.4 is 27.0 Å². The largest absolute Gasteiger partial charge is 0.508 e. The molecule has 5 amide bonds. The number of carbonyl (C=O) groups is 5. The molecular weight excluding hydrogens is 540 g/mol. The first kappa shape index (κ1) is 33.8. The summed E-state index contributed by atoms with van der Waals surface area (Å²) in [4.78, 5) is 64.8. The van der Waals surface area contributed by atoms with Gasteiger partial charge in [0, 0.05) is 20.5 Å². The molecule has 0 aromatic heterocycles. The molecule has 0 aliphatic carbocycles. The smallest absolute Gasteiger partial charge is 0.245 e. The minimum atomic E-state index is -0.987. The van der Waals surface area contributed by atoms with Crippen LogP contribution in [-0.2, 0) is 36.8 Å². The van der Waals surface area contributed by atoms with Gasteiger partial charge in [-0.05, 0) is 42.0 Å². The Morgan fingerprint density at radius 1 is 0.833 bits per heavy atom. The van der Waals surface area contributed by atoms with E-state index in [1.165, 1.54) is 31.1 Å². The molecule has 42 heavy (non-hydrogen) atoms. The molecule has 0 aliphatic heterocycles. The summed E-state index contributed by atoms with van der Waals surface area (Å²) in [5.74, 6) is -2.28. The van der Waals surface area contributed by atoms with Crippen molar-refractivity contribution in [1.82, 2.24) is 26.2 Å². The normalized spacial score (nSPS) is 12.9. The number of nitrogens with one attached hydrogen (secondary N) is 4. The summed E-state index contributed by atoms with van der Waals surface area (Å²) in [6.45, 7) is 3.08. The number of amides is 5. The summed E-state index contributed by atoms with van der Waals surface area (Å²) in [6, 6.07) is 12.8. The maximum atomic E-state index is 13.5. The second-order valence-electron chi connectivity index (χ2n) is 10.5. The third-order valence-corrected chi connectivity index (χ3v) is 6.57. The number of phenolic OH excluding ortho intramolecular Hbond substituents is 1. The average molecular weight is 583 g/mol. The Balaban J connectivity index is 1.96. The van der Waals surface area contributed by atoms with Crippen LogP contribution in [0.15, 0.2) is 54.6 Å². The Kier molecular flexibility index (Phi) is 13.4. The number of likely N-dealkylation sites (N-methyl/N-ethyl adjacent to an activating group) is 2. The van der Waals surface area contributed by atoms with Crippen molar-refractivity contribution in [2.24, 2.45) is 11.7 Å². The Hall–Kier alpha value is -4.45.